The fourth-order valence-electron chi connectivity index (χ4n) is 5.16. The number of benzene rings is 2. The average Bonchev–Trinajstić information content (AvgIpc) is 3.45. The van der Waals surface area contributed by atoms with Crippen molar-refractivity contribution in [2.75, 3.05) is 22.9 Å². The van der Waals surface area contributed by atoms with E-state index in [2.05, 4.69) is 57.9 Å². The van der Waals surface area contributed by atoms with E-state index < -0.39 is 0 Å². The van der Waals surface area contributed by atoms with E-state index in [1.807, 2.05) is 24.3 Å². The molecule has 2 aliphatic heterocycles. The summed E-state index contributed by atoms with van der Waals surface area (Å²) < 4.78 is 18.5. The molecule has 0 bridgehead atoms. The van der Waals surface area contributed by atoms with Crippen LogP contribution in [-0.2, 0) is 13.1 Å². The van der Waals surface area contributed by atoms with Crippen LogP contribution in [0.25, 0.3) is 16.6 Å². The molecule has 2 aromatic carbocycles. The summed E-state index contributed by atoms with van der Waals surface area (Å²) >= 11 is 0. The highest BCUT2D eigenvalue weighted by molar-refractivity contribution is 5.84. The third-order valence-electron chi connectivity index (χ3n) is 6.54. The quantitative estimate of drug-likeness (QED) is 0.552. The number of hydrogen-bond acceptors (Lipinski definition) is 3. The maximum atomic E-state index is 13.9. The van der Waals surface area contributed by atoms with E-state index in [0.29, 0.717) is 5.56 Å². The van der Waals surface area contributed by atoms with Gasteiger partial charge in [-0.2, -0.15) is 5.26 Å². The molecule has 0 saturated heterocycles. The molecule has 6 heteroatoms. The lowest BCUT2D eigenvalue weighted by molar-refractivity contribution is -0.670. The normalized spacial score (nSPS) is 17.5. The lowest BCUT2D eigenvalue weighted by Crippen LogP contribution is -2.35. The zero-order chi connectivity index (χ0) is 22.4. The number of aromatic nitrogens is 2. The lowest BCUT2D eigenvalue weighted by atomic mass is 10.2. The van der Waals surface area contributed by atoms with Crippen LogP contribution < -0.4 is 14.4 Å². The Balaban J connectivity index is 1.61. The summed E-state index contributed by atoms with van der Waals surface area (Å²) in [5.74, 6) is 2.09. The Kier molecular flexibility index (Phi) is 4.97. The largest absolute Gasteiger partial charge is 0.326 e. The molecule has 0 unspecified atom stereocenters. The van der Waals surface area contributed by atoms with Crippen LogP contribution in [0.5, 0.6) is 0 Å². The number of rotatable bonds is 4. The van der Waals surface area contributed by atoms with Gasteiger partial charge in [0, 0.05) is 31.1 Å². The van der Waals surface area contributed by atoms with Crippen molar-refractivity contribution in [2.24, 2.45) is 0 Å². The van der Waals surface area contributed by atoms with Crippen molar-refractivity contribution in [3.8, 4) is 6.07 Å². The topological polar surface area (TPSA) is 39.1 Å². The number of nitrogens with zero attached hydrogens (tertiary/aromatic N) is 5. The van der Waals surface area contributed by atoms with Crippen LogP contribution in [0, 0.1) is 17.1 Å². The summed E-state index contributed by atoms with van der Waals surface area (Å²) in [6.07, 6.45) is 5.34. The van der Waals surface area contributed by atoms with Crippen molar-refractivity contribution < 1.29 is 8.96 Å². The SMILES string of the molecule is CCN1C(=CC=C2CCn3c2[n+](CC)c2ccc(F)cc23)N(CC)c2cc(C#N)ccc21. The zero-order valence-corrected chi connectivity index (χ0v) is 18.8. The van der Waals surface area contributed by atoms with E-state index in [9.17, 15) is 9.65 Å². The molecule has 0 amide bonds. The van der Waals surface area contributed by atoms with Gasteiger partial charge in [-0.25, -0.2) is 13.5 Å². The van der Waals surface area contributed by atoms with E-state index in [1.165, 1.54) is 11.4 Å². The molecule has 2 aliphatic rings. The van der Waals surface area contributed by atoms with Gasteiger partial charge in [-0.15, -0.1) is 0 Å². The second-order valence-corrected chi connectivity index (χ2v) is 8.12. The number of aryl methyl sites for hydroxylation is 2. The van der Waals surface area contributed by atoms with E-state index in [0.717, 1.165) is 60.8 Å². The van der Waals surface area contributed by atoms with Gasteiger partial charge in [0.15, 0.2) is 11.0 Å². The Morgan fingerprint density at radius 1 is 1.03 bits per heavy atom. The maximum absolute atomic E-state index is 13.9. The molecule has 0 atom stereocenters. The lowest BCUT2D eigenvalue weighted by Gasteiger charge is -2.23. The van der Waals surface area contributed by atoms with Crippen LogP contribution in [0.3, 0.4) is 0 Å². The molecule has 32 heavy (non-hydrogen) atoms. The van der Waals surface area contributed by atoms with E-state index in [-0.39, 0.29) is 5.82 Å². The van der Waals surface area contributed by atoms with E-state index >= 15 is 0 Å². The van der Waals surface area contributed by atoms with Gasteiger partial charge in [-0.3, -0.25) is 0 Å². The molecule has 3 aromatic rings. The van der Waals surface area contributed by atoms with E-state index in [4.69, 9.17) is 0 Å². The van der Waals surface area contributed by atoms with Gasteiger partial charge < -0.3 is 9.80 Å². The summed E-state index contributed by atoms with van der Waals surface area (Å²) in [5.41, 5.74) is 6.19. The Morgan fingerprint density at radius 2 is 1.81 bits per heavy atom. The molecule has 0 N–H and O–H groups in total. The molecular formula is C26H27FN5+. The molecule has 0 saturated carbocycles. The number of nitriles is 1. The van der Waals surface area contributed by atoms with Crippen LogP contribution in [-0.4, -0.2) is 17.7 Å². The molecular weight excluding hydrogens is 401 g/mol. The van der Waals surface area contributed by atoms with Gasteiger partial charge in [0.25, 0.3) is 5.82 Å². The fraction of sp³-hybridized carbons (Fsp3) is 0.308. The molecule has 0 fully saturated rings. The smallest absolute Gasteiger partial charge is 0.285 e. The molecule has 5 nitrogen and oxygen atoms in total. The van der Waals surface area contributed by atoms with Crippen LogP contribution in [0.1, 0.15) is 38.6 Å². The minimum Gasteiger partial charge on any atom is -0.326 e. The van der Waals surface area contributed by atoms with Gasteiger partial charge >= 0.3 is 0 Å². The van der Waals surface area contributed by atoms with Gasteiger partial charge in [-0.05, 0) is 63.3 Å². The average molecular weight is 429 g/mol. The summed E-state index contributed by atoms with van der Waals surface area (Å²) in [7, 11) is 0. The Morgan fingerprint density at radius 3 is 2.53 bits per heavy atom. The summed E-state index contributed by atoms with van der Waals surface area (Å²) in [4.78, 5) is 4.56. The number of hydrogen-bond donors (Lipinski definition) is 0. The first-order chi connectivity index (χ1) is 15.6. The van der Waals surface area contributed by atoms with Crippen molar-refractivity contribution in [1.29, 1.82) is 5.26 Å². The maximum Gasteiger partial charge on any atom is 0.285 e. The Hall–Kier alpha value is -3.59. The monoisotopic (exact) mass is 428 g/mol. The number of imidazole rings is 1. The minimum absolute atomic E-state index is 0.196. The van der Waals surface area contributed by atoms with Crippen LogP contribution >= 0.6 is 0 Å². The second kappa shape index (κ2) is 7.83. The zero-order valence-electron chi connectivity index (χ0n) is 18.8. The standard InChI is InChI=1S/C26H27FN5/c1-4-29-21-10-7-18(17-28)15-23(21)30(5-2)25(29)12-8-19-13-14-32-24-16-20(27)9-11-22(24)31(6-3)26(19)32/h7-12,15-16H,4-6,13-14H2,1-3H3/q+1. The predicted molar refractivity (Wildman–Crippen MR) is 126 cm³/mol. The third-order valence-corrected chi connectivity index (χ3v) is 6.54. The second-order valence-electron chi connectivity index (χ2n) is 8.12. The van der Waals surface area contributed by atoms with Crippen molar-refractivity contribution in [3.63, 3.8) is 0 Å². The van der Waals surface area contributed by atoms with Crippen LogP contribution in [0.4, 0.5) is 15.8 Å². The summed E-state index contributed by atoms with van der Waals surface area (Å²) in [6, 6.07) is 13.2. The molecule has 0 spiro atoms. The Labute approximate surface area is 187 Å². The molecule has 3 heterocycles. The molecule has 0 radical (unpaired) electrons. The molecule has 1 aromatic heterocycles. The fourth-order valence-corrected chi connectivity index (χ4v) is 5.16. The van der Waals surface area contributed by atoms with Gasteiger partial charge in [-0.1, -0.05) is 0 Å². The highest BCUT2D eigenvalue weighted by Gasteiger charge is 2.33. The van der Waals surface area contributed by atoms with Gasteiger partial charge in [0.05, 0.1) is 36.1 Å². The molecule has 162 valence electrons. The van der Waals surface area contributed by atoms with Crippen molar-refractivity contribution >= 4 is 28.0 Å². The first kappa shape index (κ1) is 20.3. The highest BCUT2D eigenvalue weighted by Crippen LogP contribution is 2.42. The summed E-state index contributed by atoms with van der Waals surface area (Å²) in [5, 5.41) is 9.35. The number of allylic oxidation sites excluding steroid dienone is 3. The first-order valence-electron chi connectivity index (χ1n) is 11.3. The predicted octanol–water partition coefficient (Wildman–Crippen LogP) is 4.95. The van der Waals surface area contributed by atoms with Crippen molar-refractivity contribution in [3.05, 3.63) is 71.6 Å². The van der Waals surface area contributed by atoms with Gasteiger partial charge in [0.1, 0.15) is 11.6 Å². The number of halogens is 1. The third kappa shape index (κ3) is 2.92. The van der Waals surface area contributed by atoms with Crippen LogP contribution in [0.2, 0.25) is 0 Å². The first-order valence-corrected chi connectivity index (χ1v) is 11.3. The summed E-state index contributed by atoms with van der Waals surface area (Å²) in [6.45, 7) is 9.78. The molecule has 0 aliphatic carbocycles. The number of anilines is 2. The van der Waals surface area contributed by atoms with Gasteiger partial charge in [0.2, 0.25) is 0 Å². The van der Waals surface area contributed by atoms with E-state index in [1.54, 1.807) is 12.1 Å². The molecule has 5 rings (SSSR count). The Bertz CT molecular complexity index is 1320. The van der Waals surface area contributed by atoms with Crippen molar-refractivity contribution in [1.82, 2.24) is 4.57 Å². The highest BCUT2D eigenvalue weighted by atomic mass is 19.1. The number of fused-ring (bicyclic) bond motifs is 4. The van der Waals surface area contributed by atoms with Crippen molar-refractivity contribution in [2.45, 2.75) is 40.3 Å². The van der Waals surface area contributed by atoms with Crippen LogP contribution in [0.15, 0.2) is 54.4 Å². The minimum atomic E-state index is -0.196.